The van der Waals surface area contributed by atoms with Crippen LogP contribution in [0.3, 0.4) is 0 Å². The van der Waals surface area contributed by atoms with Gasteiger partial charge in [0.05, 0.1) is 0 Å². The quantitative estimate of drug-likeness (QED) is 0.620. The summed E-state index contributed by atoms with van der Waals surface area (Å²) in [6.07, 6.45) is 0. The molecule has 0 saturated heterocycles. The standard InChI is InChI=1S/C9H12N2O4S/c10-8-3-1-2-7(4-8)5-11-16(14,15)6-9(12)13/h1-4,11H,5-6,10H2,(H,12,13). The van der Waals surface area contributed by atoms with E-state index in [9.17, 15) is 13.2 Å². The second kappa shape index (κ2) is 4.95. The van der Waals surface area contributed by atoms with Crippen LogP contribution in [-0.2, 0) is 21.4 Å². The van der Waals surface area contributed by atoms with E-state index in [2.05, 4.69) is 4.72 Å². The van der Waals surface area contributed by atoms with Crippen molar-refractivity contribution in [2.75, 3.05) is 11.5 Å². The van der Waals surface area contributed by atoms with Gasteiger partial charge in [-0.1, -0.05) is 12.1 Å². The molecule has 0 bridgehead atoms. The predicted molar refractivity (Wildman–Crippen MR) is 59.1 cm³/mol. The number of rotatable bonds is 5. The lowest BCUT2D eigenvalue weighted by molar-refractivity contribution is -0.134. The third-order valence-corrected chi connectivity index (χ3v) is 2.97. The maximum Gasteiger partial charge on any atom is 0.320 e. The fraction of sp³-hybridized carbons (Fsp3) is 0.222. The zero-order chi connectivity index (χ0) is 12.2. The third-order valence-electron chi connectivity index (χ3n) is 1.76. The topological polar surface area (TPSA) is 109 Å². The molecule has 6 nitrogen and oxygen atoms in total. The van der Waals surface area contributed by atoms with Gasteiger partial charge < -0.3 is 10.8 Å². The zero-order valence-corrected chi connectivity index (χ0v) is 9.20. The van der Waals surface area contributed by atoms with Gasteiger partial charge >= 0.3 is 5.97 Å². The Hall–Kier alpha value is -1.60. The van der Waals surface area contributed by atoms with E-state index in [1.54, 1.807) is 24.3 Å². The molecule has 0 aliphatic carbocycles. The van der Waals surface area contributed by atoms with Crippen LogP contribution in [0.5, 0.6) is 0 Å². The van der Waals surface area contributed by atoms with Crippen LogP contribution in [0.1, 0.15) is 5.56 Å². The Morgan fingerprint density at radius 3 is 2.69 bits per heavy atom. The molecular formula is C9H12N2O4S. The van der Waals surface area contributed by atoms with E-state index in [1.165, 1.54) is 0 Å². The number of nitrogens with one attached hydrogen (secondary N) is 1. The first-order valence-corrected chi connectivity index (χ1v) is 6.08. The maximum absolute atomic E-state index is 11.2. The van der Waals surface area contributed by atoms with Crippen molar-refractivity contribution < 1.29 is 18.3 Å². The van der Waals surface area contributed by atoms with E-state index in [-0.39, 0.29) is 6.54 Å². The monoisotopic (exact) mass is 244 g/mol. The van der Waals surface area contributed by atoms with E-state index < -0.39 is 21.7 Å². The number of benzene rings is 1. The predicted octanol–water partition coefficient (Wildman–Crippen LogP) is -0.227. The Balaban J connectivity index is 2.61. The van der Waals surface area contributed by atoms with Crippen LogP contribution in [0.15, 0.2) is 24.3 Å². The number of nitrogens with two attached hydrogens (primary N) is 1. The van der Waals surface area contributed by atoms with Crippen LogP contribution in [0.4, 0.5) is 5.69 Å². The summed E-state index contributed by atoms with van der Waals surface area (Å²) in [5.41, 5.74) is 6.71. The molecule has 1 aromatic carbocycles. The van der Waals surface area contributed by atoms with Gasteiger partial charge in [0.1, 0.15) is 0 Å². The van der Waals surface area contributed by atoms with E-state index in [4.69, 9.17) is 10.8 Å². The van der Waals surface area contributed by atoms with Crippen LogP contribution in [0.2, 0.25) is 0 Å². The van der Waals surface area contributed by atoms with Gasteiger partial charge in [-0.3, -0.25) is 4.79 Å². The van der Waals surface area contributed by atoms with Crippen molar-refractivity contribution in [2.24, 2.45) is 0 Å². The molecule has 0 aromatic heterocycles. The molecule has 0 aliphatic rings. The van der Waals surface area contributed by atoms with Crippen molar-refractivity contribution in [3.8, 4) is 0 Å². The van der Waals surface area contributed by atoms with Crippen LogP contribution in [-0.4, -0.2) is 25.2 Å². The summed E-state index contributed by atoms with van der Waals surface area (Å²) in [4.78, 5) is 10.2. The largest absolute Gasteiger partial charge is 0.480 e. The first kappa shape index (κ1) is 12.5. The van der Waals surface area contributed by atoms with E-state index >= 15 is 0 Å². The smallest absolute Gasteiger partial charge is 0.320 e. The van der Waals surface area contributed by atoms with Crippen LogP contribution in [0, 0.1) is 0 Å². The highest BCUT2D eigenvalue weighted by molar-refractivity contribution is 7.90. The van der Waals surface area contributed by atoms with Gasteiger partial charge in [-0.2, -0.15) is 0 Å². The lowest BCUT2D eigenvalue weighted by Gasteiger charge is -2.05. The summed E-state index contributed by atoms with van der Waals surface area (Å²) in [6, 6.07) is 6.67. The Bertz CT molecular complexity index is 484. The fourth-order valence-corrected chi connectivity index (χ4v) is 1.92. The molecule has 7 heteroatoms. The summed E-state index contributed by atoms with van der Waals surface area (Å²) in [5.74, 6) is -2.32. The van der Waals surface area contributed by atoms with Crippen molar-refractivity contribution in [1.82, 2.24) is 4.72 Å². The van der Waals surface area contributed by atoms with Crippen molar-refractivity contribution in [2.45, 2.75) is 6.54 Å². The molecule has 0 fully saturated rings. The van der Waals surface area contributed by atoms with E-state index in [0.29, 0.717) is 11.3 Å². The minimum Gasteiger partial charge on any atom is -0.480 e. The lowest BCUT2D eigenvalue weighted by atomic mass is 10.2. The molecule has 88 valence electrons. The molecule has 0 heterocycles. The van der Waals surface area contributed by atoms with Crippen molar-refractivity contribution in [1.29, 1.82) is 0 Å². The molecule has 4 N–H and O–H groups in total. The normalized spacial score (nSPS) is 11.2. The van der Waals surface area contributed by atoms with Crippen LogP contribution >= 0.6 is 0 Å². The summed E-state index contributed by atoms with van der Waals surface area (Å²) in [7, 11) is -3.78. The second-order valence-corrected chi connectivity index (χ2v) is 5.03. The number of hydrogen-bond acceptors (Lipinski definition) is 4. The van der Waals surface area contributed by atoms with Gasteiger partial charge in [-0.15, -0.1) is 0 Å². The van der Waals surface area contributed by atoms with Gasteiger partial charge in [-0.05, 0) is 17.7 Å². The van der Waals surface area contributed by atoms with Gasteiger partial charge in [0, 0.05) is 12.2 Å². The summed E-state index contributed by atoms with van der Waals surface area (Å²) in [5, 5.41) is 8.35. The van der Waals surface area contributed by atoms with E-state index in [0.717, 1.165) is 0 Å². The van der Waals surface area contributed by atoms with Gasteiger partial charge in [-0.25, -0.2) is 13.1 Å². The molecule has 16 heavy (non-hydrogen) atoms. The summed E-state index contributed by atoms with van der Waals surface area (Å²) < 4.78 is 24.5. The zero-order valence-electron chi connectivity index (χ0n) is 8.38. The molecule has 0 aliphatic heterocycles. The summed E-state index contributed by atoms with van der Waals surface area (Å²) >= 11 is 0. The molecule has 1 aromatic rings. The minimum absolute atomic E-state index is 0.0284. The first-order valence-electron chi connectivity index (χ1n) is 4.42. The lowest BCUT2D eigenvalue weighted by Crippen LogP contribution is -2.29. The average Bonchev–Trinajstić information content (AvgIpc) is 2.13. The minimum atomic E-state index is -3.78. The highest BCUT2D eigenvalue weighted by atomic mass is 32.2. The van der Waals surface area contributed by atoms with Crippen molar-refractivity contribution >= 4 is 21.7 Å². The number of anilines is 1. The average molecular weight is 244 g/mol. The van der Waals surface area contributed by atoms with Crippen LogP contribution < -0.4 is 10.5 Å². The molecule has 0 spiro atoms. The highest BCUT2D eigenvalue weighted by Crippen LogP contribution is 2.06. The maximum atomic E-state index is 11.2. The summed E-state index contributed by atoms with van der Waals surface area (Å²) in [6.45, 7) is 0.0284. The number of carboxylic acids is 1. The van der Waals surface area contributed by atoms with Crippen LogP contribution in [0.25, 0.3) is 0 Å². The molecule has 0 radical (unpaired) electrons. The number of aliphatic carboxylic acids is 1. The molecular weight excluding hydrogens is 232 g/mol. The number of hydrogen-bond donors (Lipinski definition) is 3. The molecule has 0 saturated carbocycles. The Morgan fingerprint density at radius 2 is 2.12 bits per heavy atom. The van der Waals surface area contributed by atoms with Gasteiger partial charge in [0.15, 0.2) is 5.75 Å². The number of sulfonamides is 1. The van der Waals surface area contributed by atoms with Gasteiger partial charge in [0.2, 0.25) is 10.0 Å². The number of carboxylic acid groups (broad SMARTS) is 1. The molecule has 0 unspecified atom stereocenters. The van der Waals surface area contributed by atoms with Crippen molar-refractivity contribution in [3.63, 3.8) is 0 Å². The Morgan fingerprint density at radius 1 is 1.44 bits per heavy atom. The Kier molecular flexibility index (Phi) is 3.86. The fourth-order valence-electron chi connectivity index (χ4n) is 1.11. The van der Waals surface area contributed by atoms with Crippen molar-refractivity contribution in [3.05, 3.63) is 29.8 Å². The SMILES string of the molecule is Nc1cccc(CNS(=O)(=O)CC(=O)O)c1. The molecule has 0 amide bonds. The highest BCUT2D eigenvalue weighted by Gasteiger charge is 2.14. The first-order chi connectivity index (χ1) is 7.39. The number of nitrogen functional groups attached to an aromatic ring is 1. The van der Waals surface area contributed by atoms with Gasteiger partial charge in [0.25, 0.3) is 0 Å². The number of carbonyl (C=O) groups is 1. The Labute approximate surface area is 93.1 Å². The molecule has 1 rings (SSSR count). The third kappa shape index (κ3) is 4.28. The molecule has 0 atom stereocenters. The second-order valence-electron chi connectivity index (χ2n) is 3.22. The van der Waals surface area contributed by atoms with E-state index in [1.807, 2.05) is 0 Å².